The number of fused-ring (bicyclic) bond motifs is 1. The van der Waals surface area contributed by atoms with Crippen molar-refractivity contribution in [2.75, 3.05) is 11.5 Å². The number of hydrogen-bond donors (Lipinski definition) is 2. The summed E-state index contributed by atoms with van der Waals surface area (Å²) in [5, 5.41) is 12.1. The van der Waals surface area contributed by atoms with Crippen molar-refractivity contribution in [1.82, 2.24) is 5.32 Å². The van der Waals surface area contributed by atoms with Crippen LogP contribution in [0.15, 0.2) is 18.2 Å². The molecule has 1 aromatic rings. The lowest BCUT2D eigenvalue weighted by molar-refractivity contribution is -0.139. The zero-order valence-electron chi connectivity index (χ0n) is 19.2. The number of ether oxygens (including phenoxy) is 1. The summed E-state index contributed by atoms with van der Waals surface area (Å²) in [6, 6.07) is 3.97. The Hall–Kier alpha value is -2.72. The molecular weight excluding hydrogens is 432 g/mol. The minimum atomic E-state index is -2.09. The first kappa shape index (κ1) is 23.9. The normalized spacial score (nSPS) is 21.8. The minimum Gasteiger partial charge on any atom is -0.482 e. The smallest absolute Gasteiger partial charge is 0.418 e. The van der Waals surface area contributed by atoms with Crippen LogP contribution in [0.5, 0.6) is 5.75 Å². The third kappa shape index (κ3) is 4.42. The maximum Gasteiger partial charge on any atom is 0.418 e. The van der Waals surface area contributed by atoms with Gasteiger partial charge in [0.25, 0.3) is 5.91 Å². The van der Waals surface area contributed by atoms with E-state index in [-0.39, 0.29) is 58.9 Å². The summed E-state index contributed by atoms with van der Waals surface area (Å²) >= 11 is 0. The number of rotatable bonds is 6. The van der Waals surface area contributed by atoms with Gasteiger partial charge in [0, 0.05) is 12.0 Å². The summed E-state index contributed by atoms with van der Waals surface area (Å²) in [7, 11) is -2.09. The Labute approximate surface area is 188 Å². The van der Waals surface area contributed by atoms with Crippen molar-refractivity contribution >= 4 is 37.7 Å². The van der Waals surface area contributed by atoms with Gasteiger partial charge in [-0.1, -0.05) is 20.8 Å². The van der Waals surface area contributed by atoms with E-state index in [0.29, 0.717) is 4.90 Å². The van der Waals surface area contributed by atoms with E-state index in [1.165, 1.54) is 18.2 Å². The molecule has 32 heavy (non-hydrogen) atoms. The topological polar surface area (TPSA) is 122 Å². The Kier molecular flexibility index (Phi) is 6.22. The number of Topliss-reactive ketones (excluding diaryl/α,β-unsaturated/α-hetero) is 1. The Morgan fingerprint density at radius 1 is 1.31 bits per heavy atom. The molecule has 0 spiro atoms. The Balaban J connectivity index is 1.74. The van der Waals surface area contributed by atoms with Crippen LogP contribution in [0.2, 0.25) is 18.1 Å². The maximum atomic E-state index is 12.9. The van der Waals surface area contributed by atoms with Gasteiger partial charge in [-0.15, -0.1) is 0 Å². The number of hydrogen-bond acceptors (Lipinski definition) is 6. The molecule has 174 valence electrons. The Bertz CT molecular complexity index is 970. The van der Waals surface area contributed by atoms with E-state index in [1.807, 2.05) is 6.92 Å². The molecule has 2 aliphatic heterocycles. The van der Waals surface area contributed by atoms with Gasteiger partial charge in [0.1, 0.15) is 5.75 Å². The van der Waals surface area contributed by atoms with E-state index in [1.54, 1.807) is 0 Å². The second-order valence-electron chi connectivity index (χ2n) is 9.83. The third-order valence-electron chi connectivity index (χ3n) is 6.58. The maximum absolute atomic E-state index is 12.9. The highest BCUT2D eigenvalue weighted by Crippen LogP contribution is 2.39. The van der Waals surface area contributed by atoms with Crippen molar-refractivity contribution < 1.29 is 33.4 Å². The number of β-lactam (4-membered cyclic amide) rings is 1. The molecule has 1 fully saturated rings. The van der Waals surface area contributed by atoms with Gasteiger partial charge in [0.2, 0.25) is 5.91 Å². The zero-order chi connectivity index (χ0) is 24.0. The number of carbonyl (C=O) groups is 4. The first-order chi connectivity index (χ1) is 14.7. The number of nitrogens with zero attached hydrogens (tertiary/aromatic N) is 1. The summed E-state index contributed by atoms with van der Waals surface area (Å²) in [6.07, 6.45) is -1.73. The van der Waals surface area contributed by atoms with E-state index in [4.69, 9.17) is 9.16 Å². The third-order valence-corrected chi connectivity index (χ3v) is 11.1. The highest BCUT2D eigenvalue weighted by molar-refractivity contribution is 6.74. The van der Waals surface area contributed by atoms with Crippen molar-refractivity contribution in [2.24, 2.45) is 5.92 Å². The fourth-order valence-electron chi connectivity index (χ4n) is 3.74. The van der Waals surface area contributed by atoms with Crippen LogP contribution in [0.4, 0.5) is 10.5 Å². The monoisotopic (exact) mass is 462 g/mol. The number of amides is 3. The first-order valence-electron chi connectivity index (χ1n) is 10.6. The molecule has 9 nitrogen and oxygen atoms in total. The fourth-order valence-corrected chi connectivity index (χ4v) is 5.17. The molecule has 3 atom stereocenters. The summed E-state index contributed by atoms with van der Waals surface area (Å²) in [6.45, 7) is 12.1. The van der Waals surface area contributed by atoms with Gasteiger partial charge in [0.05, 0.1) is 23.8 Å². The summed E-state index contributed by atoms with van der Waals surface area (Å²) in [5.74, 6) is -1.36. The Morgan fingerprint density at radius 3 is 2.53 bits per heavy atom. The van der Waals surface area contributed by atoms with Gasteiger partial charge in [-0.3, -0.25) is 14.4 Å². The number of anilines is 1. The van der Waals surface area contributed by atoms with Crippen molar-refractivity contribution in [3.05, 3.63) is 23.8 Å². The average Bonchev–Trinajstić information content (AvgIpc) is 2.64. The lowest BCUT2D eigenvalue weighted by Gasteiger charge is -2.45. The van der Waals surface area contributed by atoms with Crippen LogP contribution in [-0.4, -0.2) is 55.9 Å². The van der Waals surface area contributed by atoms with Gasteiger partial charge in [-0.05, 0) is 43.3 Å². The second kappa shape index (κ2) is 8.32. The van der Waals surface area contributed by atoms with Crippen molar-refractivity contribution in [2.45, 2.75) is 64.4 Å². The van der Waals surface area contributed by atoms with Gasteiger partial charge in [-0.2, -0.15) is 0 Å². The average molecular weight is 463 g/mol. The van der Waals surface area contributed by atoms with Gasteiger partial charge >= 0.3 is 6.09 Å². The number of nitrogens with one attached hydrogen (secondary N) is 1. The molecule has 0 unspecified atom stereocenters. The molecule has 3 rings (SSSR count). The van der Waals surface area contributed by atoms with Crippen molar-refractivity contribution in [1.29, 1.82) is 0 Å². The molecule has 0 saturated carbocycles. The second-order valence-corrected chi connectivity index (χ2v) is 14.6. The molecule has 0 radical (unpaired) electrons. The molecule has 1 saturated heterocycles. The number of carbonyl (C=O) groups excluding carboxylic acids is 3. The summed E-state index contributed by atoms with van der Waals surface area (Å²) in [4.78, 5) is 49.2. The highest BCUT2D eigenvalue weighted by Gasteiger charge is 2.48. The lowest BCUT2D eigenvalue weighted by atomic mass is 9.82. The van der Waals surface area contributed by atoms with E-state index in [0.717, 1.165) is 0 Å². The summed E-state index contributed by atoms with van der Waals surface area (Å²) in [5.41, 5.74) is 0.259. The van der Waals surface area contributed by atoms with Crippen LogP contribution in [0.3, 0.4) is 0 Å². The minimum absolute atomic E-state index is 0.00848. The number of imide groups is 1. The molecule has 0 aromatic heterocycles. The van der Waals surface area contributed by atoms with E-state index < -0.39 is 26.2 Å². The van der Waals surface area contributed by atoms with Crippen LogP contribution >= 0.6 is 0 Å². The largest absolute Gasteiger partial charge is 0.482 e. The van der Waals surface area contributed by atoms with Gasteiger partial charge in [-0.25, -0.2) is 9.69 Å². The number of benzene rings is 1. The highest BCUT2D eigenvalue weighted by atomic mass is 28.4. The molecular formula is C22H30N2O7Si. The van der Waals surface area contributed by atoms with E-state index >= 15 is 0 Å². The predicted octanol–water partition coefficient (Wildman–Crippen LogP) is 3.19. The molecule has 2 heterocycles. The lowest BCUT2D eigenvalue weighted by Crippen LogP contribution is -2.64. The van der Waals surface area contributed by atoms with E-state index in [2.05, 4.69) is 39.2 Å². The molecule has 1 aromatic carbocycles. The van der Waals surface area contributed by atoms with Crippen LogP contribution in [0, 0.1) is 5.92 Å². The molecule has 10 heteroatoms. The van der Waals surface area contributed by atoms with Crippen molar-refractivity contribution in [3.8, 4) is 5.75 Å². The molecule has 0 aliphatic carbocycles. The molecule has 3 amide bonds. The molecule has 0 bridgehead atoms. The number of ketones is 1. The zero-order valence-corrected chi connectivity index (χ0v) is 20.2. The quantitative estimate of drug-likeness (QED) is 0.378. The summed E-state index contributed by atoms with van der Waals surface area (Å²) < 4.78 is 11.6. The van der Waals surface area contributed by atoms with Crippen LogP contribution in [0.25, 0.3) is 0 Å². The molecule has 2 N–H and O–H groups in total. The predicted molar refractivity (Wildman–Crippen MR) is 120 cm³/mol. The van der Waals surface area contributed by atoms with E-state index in [9.17, 15) is 24.3 Å². The van der Waals surface area contributed by atoms with Gasteiger partial charge in [0.15, 0.2) is 20.7 Å². The number of carboxylic acid groups (broad SMARTS) is 1. The van der Waals surface area contributed by atoms with Crippen LogP contribution in [-0.2, 0) is 14.0 Å². The SMILES string of the molecule is C[C@@H](O[Si](C)(C)C(C)(C)C)[C@H]1C(=O)N[C@@H]1CC(=O)c1ccc2c(c1)N(C(=O)O)C(=O)CO2. The molecule has 2 aliphatic rings. The van der Waals surface area contributed by atoms with Crippen LogP contribution in [0.1, 0.15) is 44.5 Å². The fraction of sp³-hybridized carbons (Fsp3) is 0.545. The first-order valence-corrected chi connectivity index (χ1v) is 13.5. The Morgan fingerprint density at radius 2 is 1.97 bits per heavy atom. The van der Waals surface area contributed by atoms with Crippen LogP contribution < -0.4 is 15.0 Å². The standard InChI is InChI=1S/C22H30N2O7Si/c1-12(31-32(5,6)22(2,3)4)19-14(23-20(19)27)10-16(25)13-7-8-17-15(9-13)24(21(28)29)18(26)11-30-17/h7-9,12,14,19H,10-11H2,1-6H3,(H,23,27)(H,28,29)/t12-,14-,19-/m1/s1. The van der Waals surface area contributed by atoms with Gasteiger partial charge < -0.3 is 19.6 Å². The van der Waals surface area contributed by atoms with Crippen molar-refractivity contribution in [3.63, 3.8) is 0 Å².